The van der Waals surface area contributed by atoms with Gasteiger partial charge >= 0.3 is 5.63 Å². The summed E-state index contributed by atoms with van der Waals surface area (Å²) in [5.41, 5.74) is 2.29. The minimum absolute atomic E-state index is 0.340. The molecule has 0 spiro atoms. The Balaban J connectivity index is 1.69. The number of fused-ring (bicyclic) bond motifs is 3. The van der Waals surface area contributed by atoms with Gasteiger partial charge in [-0.05, 0) is 47.7 Å². The molecule has 0 N–H and O–H groups in total. The third-order valence-electron chi connectivity index (χ3n) is 6.14. The van der Waals surface area contributed by atoms with Gasteiger partial charge in [0, 0.05) is 16.8 Å². The predicted molar refractivity (Wildman–Crippen MR) is 132 cm³/mol. The molecule has 3 aromatic carbocycles. The fourth-order valence-corrected chi connectivity index (χ4v) is 4.10. The molecule has 33 heavy (non-hydrogen) atoms. The average molecular weight is 447 g/mol. The highest BCUT2D eigenvalue weighted by molar-refractivity contribution is 6.05. The Hall–Kier alpha value is -3.47. The van der Waals surface area contributed by atoms with Crippen LogP contribution in [0, 0.1) is 0 Å². The van der Waals surface area contributed by atoms with Crippen molar-refractivity contribution < 1.29 is 18.6 Å². The number of ether oxygens (including phenoxy) is 3. The van der Waals surface area contributed by atoms with Crippen LogP contribution in [0.4, 0.5) is 0 Å². The van der Waals surface area contributed by atoms with Crippen LogP contribution in [-0.2, 0) is 6.61 Å². The van der Waals surface area contributed by atoms with Crippen molar-refractivity contribution in [3.05, 3.63) is 76.1 Å². The van der Waals surface area contributed by atoms with Gasteiger partial charge in [0.05, 0.1) is 19.6 Å². The van der Waals surface area contributed by atoms with Crippen LogP contribution < -0.4 is 19.8 Å². The van der Waals surface area contributed by atoms with Crippen molar-refractivity contribution in [1.29, 1.82) is 0 Å². The first-order chi connectivity index (χ1) is 16.0. The van der Waals surface area contributed by atoms with Crippen molar-refractivity contribution in [1.82, 2.24) is 0 Å². The first kappa shape index (κ1) is 22.7. The maximum atomic E-state index is 12.8. The van der Waals surface area contributed by atoms with E-state index >= 15 is 0 Å². The number of hydrogen-bond acceptors (Lipinski definition) is 5. The normalized spacial score (nSPS) is 12.1. The summed E-state index contributed by atoms with van der Waals surface area (Å²) in [6, 6.07) is 17.4. The van der Waals surface area contributed by atoms with Gasteiger partial charge in [0.1, 0.15) is 17.9 Å². The lowest BCUT2D eigenvalue weighted by Crippen LogP contribution is -2.03. The van der Waals surface area contributed by atoms with Gasteiger partial charge in [-0.3, -0.25) is 0 Å². The summed E-state index contributed by atoms with van der Waals surface area (Å²) in [6.07, 6.45) is 3.43. The van der Waals surface area contributed by atoms with Gasteiger partial charge < -0.3 is 18.6 Å². The van der Waals surface area contributed by atoms with Crippen LogP contribution in [0.1, 0.15) is 50.2 Å². The molecule has 0 amide bonds. The van der Waals surface area contributed by atoms with E-state index in [-0.39, 0.29) is 5.63 Å². The van der Waals surface area contributed by atoms with Crippen molar-refractivity contribution in [2.75, 3.05) is 14.2 Å². The van der Waals surface area contributed by atoms with Gasteiger partial charge in [-0.25, -0.2) is 4.79 Å². The molecule has 0 aliphatic heterocycles. The summed E-state index contributed by atoms with van der Waals surface area (Å²) in [6.45, 7) is 4.74. The largest absolute Gasteiger partial charge is 0.497 e. The molecule has 0 saturated carbocycles. The second kappa shape index (κ2) is 9.99. The molecule has 0 radical (unpaired) electrons. The summed E-state index contributed by atoms with van der Waals surface area (Å²) in [5, 5.41) is 2.27. The van der Waals surface area contributed by atoms with Crippen LogP contribution in [0.25, 0.3) is 21.7 Å². The molecule has 1 heterocycles. The predicted octanol–water partition coefficient (Wildman–Crippen LogP) is 6.84. The topological polar surface area (TPSA) is 57.9 Å². The zero-order valence-electron chi connectivity index (χ0n) is 19.6. The molecule has 1 aromatic heterocycles. The molecule has 0 aliphatic rings. The Morgan fingerprint density at radius 2 is 1.67 bits per heavy atom. The SMILES string of the molecule is CCCCC(C)c1ccc2c(c1)c(=O)oc1cc(OCc3ccc(OC)cc3)c(OC)cc12. The van der Waals surface area contributed by atoms with Crippen molar-refractivity contribution in [3.63, 3.8) is 0 Å². The Morgan fingerprint density at radius 3 is 2.36 bits per heavy atom. The zero-order chi connectivity index (χ0) is 23.4. The molecule has 5 heteroatoms. The van der Waals surface area contributed by atoms with E-state index in [1.54, 1.807) is 20.3 Å². The van der Waals surface area contributed by atoms with Gasteiger partial charge in [0.2, 0.25) is 0 Å². The maximum absolute atomic E-state index is 12.8. The fraction of sp³-hybridized carbons (Fsp3) is 0.321. The Morgan fingerprint density at radius 1 is 0.879 bits per heavy atom. The first-order valence-corrected chi connectivity index (χ1v) is 11.4. The highest BCUT2D eigenvalue weighted by atomic mass is 16.5. The summed E-state index contributed by atoms with van der Waals surface area (Å²) in [4.78, 5) is 12.8. The van der Waals surface area contributed by atoms with E-state index in [1.807, 2.05) is 42.5 Å². The molecule has 0 bridgehead atoms. The zero-order valence-corrected chi connectivity index (χ0v) is 19.6. The number of unbranched alkanes of at least 4 members (excludes halogenated alkanes) is 1. The van der Waals surface area contributed by atoms with Crippen LogP contribution in [0.5, 0.6) is 17.2 Å². The first-order valence-electron chi connectivity index (χ1n) is 11.4. The van der Waals surface area contributed by atoms with E-state index in [4.69, 9.17) is 18.6 Å². The molecule has 4 aromatic rings. The molecule has 0 fully saturated rings. The second-order valence-electron chi connectivity index (χ2n) is 8.37. The summed E-state index contributed by atoms with van der Waals surface area (Å²) >= 11 is 0. The number of methoxy groups -OCH3 is 2. The summed E-state index contributed by atoms with van der Waals surface area (Å²) in [5.74, 6) is 2.30. The van der Waals surface area contributed by atoms with Crippen molar-refractivity contribution >= 4 is 21.7 Å². The van der Waals surface area contributed by atoms with E-state index in [9.17, 15) is 4.79 Å². The lowest BCUT2D eigenvalue weighted by molar-refractivity contribution is 0.284. The minimum atomic E-state index is -0.340. The number of benzene rings is 3. The molecule has 0 aliphatic carbocycles. The Bertz CT molecular complexity index is 1300. The molecule has 4 rings (SSSR count). The standard InChI is InChI=1S/C28H30O5/c1-5-6-7-18(2)20-10-13-22-23-15-26(31-4)27(16-25(23)33-28(29)24(22)14-20)32-17-19-8-11-21(30-3)12-9-19/h8-16,18H,5-7,17H2,1-4H3. The lowest BCUT2D eigenvalue weighted by Gasteiger charge is -2.14. The lowest BCUT2D eigenvalue weighted by atomic mass is 9.93. The van der Waals surface area contributed by atoms with E-state index in [0.717, 1.165) is 40.5 Å². The van der Waals surface area contributed by atoms with Gasteiger partial charge in [0.15, 0.2) is 11.5 Å². The van der Waals surface area contributed by atoms with Gasteiger partial charge in [0.25, 0.3) is 0 Å². The molecule has 5 nitrogen and oxygen atoms in total. The van der Waals surface area contributed by atoms with Crippen LogP contribution in [0.3, 0.4) is 0 Å². The van der Waals surface area contributed by atoms with Gasteiger partial charge in [-0.2, -0.15) is 0 Å². The smallest absolute Gasteiger partial charge is 0.344 e. The van der Waals surface area contributed by atoms with Crippen molar-refractivity contribution in [2.24, 2.45) is 0 Å². The highest BCUT2D eigenvalue weighted by Gasteiger charge is 2.15. The molecule has 172 valence electrons. The van der Waals surface area contributed by atoms with Crippen LogP contribution in [0.2, 0.25) is 0 Å². The third-order valence-corrected chi connectivity index (χ3v) is 6.14. The quantitative estimate of drug-likeness (QED) is 0.208. The van der Waals surface area contributed by atoms with E-state index in [2.05, 4.69) is 19.9 Å². The number of hydrogen-bond donors (Lipinski definition) is 0. The average Bonchev–Trinajstić information content (AvgIpc) is 2.85. The van der Waals surface area contributed by atoms with Crippen LogP contribution in [-0.4, -0.2) is 14.2 Å². The molecular weight excluding hydrogens is 416 g/mol. The molecule has 1 atom stereocenters. The van der Waals surface area contributed by atoms with E-state index in [0.29, 0.717) is 35.0 Å². The Labute approximate surface area is 193 Å². The minimum Gasteiger partial charge on any atom is -0.497 e. The van der Waals surface area contributed by atoms with Crippen LogP contribution in [0.15, 0.2) is 63.8 Å². The van der Waals surface area contributed by atoms with E-state index < -0.39 is 0 Å². The fourth-order valence-electron chi connectivity index (χ4n) is 4.10. The van der Waals surface area contributed by atoms with Crippen molar-refractivity contribution in [2.45, 2.75) is 45.6 Å². The Kier molecular flexibility index (Phi) is 6.87. The molecular formula is C28H30O5. The van der Waals surface area contributed by atoms with Gasteiger partial charge in [-0.15, -0.1) is 0 Å². The van der Waals surface area contributed by atoms with Crippen molar-refractivity contribution in [3.8, 4) is 17.2 Å². The maximum Gasteiger partial charge on any atom is 0.344 e. The van der Waals surface area contributed by atoms with E-state index in [1.165, 1.54) is 6.42 Å². The third kappa shape index (κ3) is 4.82. The second-order valence-corrected chi connectivity index (χ2v) is 8.37. The molecule has 1 unspecified atom stereocenters. The number of rotatable bonds is 9. The summed E-state index contributed by atoms with van der Waals surface area (Å²) < 4.78 is 22.5. The monoisotopic (exact) mass is 446 g/mol. The highest BCUT2D eigenvalue weighted by Crippen LogP contribution is 2.36. The molecule has 0 saturated heterocycles. The summed E-state index contributed by atoms with van der Waals surface area (Å²) in [7, 11) is 3.24. The van der Waals surface area contributed by atoms with Crippen LogP contribution >= 0.6 is 0 Å². The van der Waals surface area contributed by atoms with Gasteiger partial charge in [-0.1, -0.05) is 51.0 Å².